The van der Waals surface area contributed by atoms with Gasteiger partial charge in [0.2, 0.25) is 5.91 Å². The van der Waals surface area contributed by atoms with Crippen molar-refractivity contribution >= 4 is 11.6 Å². The molecule has 0 bridgehead atoms. The van der Waals surface area contributed by atoms with E-state index in [9.17, 15) is 4.79 Å². The minimum atomic E-state index is -0.981. The van der Waals surface area contributed by atoms with Crippen LogP contribution >= 0.6 is 0 Å². The highest BCUT2D eigenvalue weighted by Crippen LogP contribution is 2.39. The Morgan fingerprint density at radius 3 is 2.84 bits per heavy atom. The second-order valence-electron chi connectivity index (χ2n) is 4.29. The fourth-order valence-corrected chi connectivity index (χ4v) is 1.80. The summed E-state index contributed by atoms with van der Waals surface area (Å²) in [5.41, 5.74) is 6.65. The van der Waals surface area contributed by atoms with E-state index in [2.05, 4.69) is 5.32 Å². The summed E-state index contributed by atoms with van der Waals surface area (Å²) in [6.07, 6.45) is 5.27. The van der Waals surface area contributed by atoms with Crippen molar-refractivity contribution in [2.45, 2.75) is 12.8 Å². The van der Waals surface area contributed by atoms with Crippen molar-refractivity contribution in [3.05, 3.63) is 48.4 Å². The van der Waals surface area contributed by atoms with Crippen molar-refractivity contribution in [3.8, 4) is 5.75 Å². The van der Waals surface area contributed by atoms with Gasteiger partial charge in [-0.25, -0.2) is 9.90 Å². The minimum Gasteiger partial charge on any atom is -0.455 e. The molecule has 3 rings (SSSR count). The van der Waals surface area contributed by atoms with Gasteiger partial charge in [-0.15, -0.1) is 0 Å². The Kier molecular flexibility index (Phi) is 2.55. The second-order valence-corrected chi connectivity index (χ2v) is 4.29. The number of hydrogen-bond donors (Lipinski definition) is 2. The van der Waals surface area contributed by atoms with Gasteiger partial charge in [-0.3, -0.25) is 10.5 Å². The molecule has 0 spiro atoms. The Bertz CT molecular complexity index is 579. The van der Waals surface area contributed by atoms with Gasteiger partial charge < -0.3 is 10.1 Å². The standard InChI is InChI=1S/C13H13N3O3/c1-9(17)15-10-4-6-11(7-5-10)18-12-3-2-8-16-13(12,14)19-16/h2-8H,14H2,1H3,(H,15,17). The average Bonchev–Trinajstić information content (AvgIpc) is 3.04. The third-order valence-electron chi connectivity index (χ3n) is 2.76. The van der Waals surface area contributed by atoms with Crippen LogP contribution in [0.3, 0.4) is 0 Å². The molecule has 1 atom stereocenters. The summed E-state index contributed by atoms with van der Waals surface area (Å²) in [5, 5.41) is 4.19. The van der Waals surface area contributed by atoms with Gasteiger partial charge in [0.15, 0.2) is 5.76 Å². The molecule has 1 amide bonds. The highest BCUT2D eigenvalue weighted by molar-refractivity contribution is 5.88. The predicted molar refractivity (Wildman–Crippen MR) is 68.4 cm³/mol. The van der Waals surface area contributed by atoms with Gasteiger partial charge >= 0.3 is 5.85 Å². The third kappa shape index (κ3) is 2.18. The molecular formula is C13H13N3O3. The summed E-state index contributed by atoms with van der Waals surface area (Å²) in [6, 6.07) is 7.01. The van der Waals surface area contributed by atoms with Gasteiger partial charge in [-0.2, -0.15) is 0 Å². The summed E-state index contributed by atoms with van der Waals surface area (Å²) in [5.74, 6) is 0.0420. The molecule has 0 radical (unpaired) electrons. The molecule has 19 heavy (non-hydrogen) atoms. The third-order valence-corrected chi connectivity index (χ3v) is 2.76. The summed E-state index contributed by atoms with van der Waals surface area (Å²) < 4.78 is 5.68. The largest absolute Gasteiger partial charge is 0.455 e. The topological polar surface area (TPSA) is 79.9 Å². The van der Waals surface area contributed by atoms with Gasteiger partial charge in [-0.1, -0.05) is 0 Å². The van der Waals surface area contributed by atoms with Crippen LogP contribution in [0.1, 0.15) is 6.92 Å². The summed E-state index contributed by atoms with van der Waals surface area (Å²) in [6.45, 7) is 1.46. The molecule has 6 nitrogen and oxygen atoms in total. The van der Waals surface area contributed by atoms with E-state index in [0.29, 0.717) is 17.2 Å². The lowest BCUT2D eigenvalue weighted by Gasteiger charge is -2.14. The van der Waals surface area contributed by atoms with Crippen LogP contribution < -0.4 is 15.8 Å². The van der Waals surface area contributed by atoms with Crippen LogP contribution in [0.2, 0.25) is 0 Å². The second kappa shape index (κ2) is 4.11. The number of anilines is 1. The predicted octanol–water partition coefficient (Wildman–Crippen LogP) is 1.29. The SMILES string of the molecule is CC(=O)Nc1ccc(OC2=CC=CN3OC23N)cc1. The van der Waals surface area contributed by atoms with Crippen molar-refractivity contribution in [1.29, 1.82) is 0 Å². The van der Waals surface area contributed by atoms with Gasteiger partial charge in [0.25, 0.3) is 0 Å². The quantitative estimate of drug-likeness (QED) is 0.800. The van der Waals surface area contributed by atoms with E-state index >= 15 is 0 Å². The van der Waals surface area contributed by atoms with Crippen molar-refractivity contribution in [2.24, 2.45) is 5.73 Å². The first-order valence-corrected chi connectivity index (χ1v) is 5.80. The number of carbonyl (C=O) groups is 1. The molecular weight excluding hydrogens is 246 g/mol. The number of nitrogens with one attached hydrogen (secondary N) is 1. The van der Waals surface area contributed by atoms with Crippen LogP contribution in [-0.4, -0.2) is 16.8 Å². The number of hydroxylamine groups is 2. The molecule has 0 saturated carbocycles. The molecule has 1 unspecified atom stereocenters. The highest BCUT2D eigenvalue weighted by atomic mass is 16.9. The number of carbonyl (C=O) groups excluding carboxylic acids is 1. The number of rotatable bonds is 3. The molecule has 2 aliphatic heterocycles. The van der Waals surface area contributed by atoms with Crippen molar-refractivity contribution in [3.63, 3.8) is 0 Å². The van der Waals surface area contributed by atoms with Crippen LogP contribution in [0.4, 0.5) is 5.69 Å². The lowest BCUT2D eigenvalue weighted by Crippen LogP contribution is -2.34. The van der Waals surface area contributed by atoms with E-state index in [-0.39, 0.29) is 5.91 Å². The number of fused-ring (bicyclic) bond motifs is 1. The molecule has 0 aromatic heterocycles. The first-order chi connectivity index (χ1) is 9.08. The van der Waals surface area contributed by atoms with Crippen LogP contribution in [0.5, 0.6) is 5.75 Å². The molecule has 1 fully saturated rings. The van der Waals surface area contributed by atoms with Gasteiger partial charge in [0.1, 0.15) is 5.75 Å². The molecule has 1 saturated heterocycles. The molecule has 1 aromatic carbocycles. The fraction of sp³-hybridized carbons (Fsp3) is 0.154. The normalized spacial score (nSPS) is 23.5. The Balaban J connectivity index is 1.72. The highest BCUT2D eigenvalue weighted by Gasteiger charge is 2.56. The molecule has 98 valence electrons. The van der Waals surface area contributed by atoms with Gasteiger partial charge in [0, 0.05) is 18.8 Å². The monoisotopic (exact) mass is 259 g/mol. The van der Waals surface area contributed by atoms with E-state index in [1.807, 2.05) is 0 Å². The van der Waals surface area contributed by atoms with E-state index < -0.39 is 5.85 Å². The van der Waals surface area contributed by atoms with E-state index in [4.69, 9.17) is 15.3 Å². The number of ether oxygens (including phenoxy) is 1. The number of allylic oxidation sites excluding steroid dienone is 2. The Hall–Kier alpha value is -2.31. The molecule has 2 heterocycles. The fourth-order valence-electron chi connectivity index (χ4n) is 1.80. The average molecular weight is 259 g/mol. The number of hydrogen-bond acceptors (Lipinski definition) is 5. The number of amides is 1. The molecule has 3 N–H and O–H groups in total. The number of nitrogens with zero attached hydrogens (tertiary/aromatic N) is 1. The van der Waals surface area contributed by atoms with Crippen molar-refractivity contribution < 1.29 is 14.4 Å². The van der Waals surface area contributed by atoms with E-state index in [1.165, 1.54) is 12.0 Å². The Labute approximate surface area is 110 Å². The maximum atomic E-state index is 10.9. The summed E-state index contributed by atoms with van der Waals surface area (Å²) in [4.78, 5) is 16.1. The zero-order chi connectivity index (χ0) is 13.5. The Morgan fingerprint density at radius 1 is 1.42 bits per heavy atom. The maximum absolute atomic E-state index is 10.9. The minimum absolute atomic E-state index is 0.114. The zero-order valence-electron chi connectivity index (χ0n) is 10.3. The van der Waals surface area contributed by atoms with Gasteiger partial charge in [-0.05, 0) is 36.4 Å². The Morgan fingerprint density at radius 2 is 2.16 bits per heavy atom. The van der Waals surface area contributed by atoms with Crippen LogP contribution in [-0.2, 0) is 9.63 Å². The summed E-state index contributed by atoms with van der Waals surface area (Å²) in [7, 11) is 0. The summed E-state index contributed by atoms with van der Waals surface area (Å²) >= 11 is 0. The number of nitrogens with two attached hydrogens (primary N) is 1. The number of benzene rings is 1. The van der Waals surface area contributed by atoms with Gasteiger partial charge in [0.05, 0.1) is 0 Å². The molecule has 0 aliphatic carbocycles. The van der Waals surface area contributed by atoms with E-state index in [1.54, 1.807) is 42.6 Å². The maximum Gasteiger partial charge on any atom is 0.301 e. The van der Waals surface area contributed by atoms with Crippen molar-refractivity contribution in [1.82, 2.24) is 5.06 Å². The molecule has 1 aromatic rings. The molecule has 6 heteroatoms. The van der Waals surface area contributed by atoms with E-state index in [0.717, 1.165) is 0 Å². The lowest BCUT2D eigenvalue weighted by atomic mass is 10.2. The zero-order valence-corrected chi connectivity index (χ0v) is 10.3. The van der Waals surface area contributed by atoms with Crippen LogP contribution in [0.25, 0.3) is 0 Å². The first-order valence-electron chi connectivity index (χ1n) is 5.80. The van der Waals surface area contributed by atoms with Crippen LogP contribution in [0, 0.1) is 0 Å². The lowest BCUT2D eigenvalue weighted by molar-refractivity contribution is -0.114. The van der Waals surface area contributed by atoms with Crippen LogP contribution in [0.15, 0.2) is 48.4 Å². The smallest absolute Gasteiger partial charge is 0.301 e. The molecule has 2 aliphatic rings. The van der Waals surface area contributed by atoms with Crippen molar-refractivity contribution in [2.75, 3.05) is 5.32 Å². The first kappa shape index (κ1) is 11.8.